The number of carbonyl (C=O) groups is 2. The number of para-hydroxylation sites is 1. The Balaban J connectivity index is 1.55. The number of aromatic amines is 1. The quantitative estimate of drug-likeness (QED) is 0.149. The highest BCUT2D eigenvalue weighted by Crippen LogP contribution is 2.28. The number of amides is 3. The number of rotatable bonds is 13. The molecule has 226 valence electrons. The number of hydrogen-bond acceptors (Lipinski definition) is 6. The molecular formula is C32H37N5O6. The molecule has 11 nitrogen and oxygen atoms in total. The summed E-state index contributed by atoms with van der Waals surface area (Å²) in [5.41, 5.74) is 3.30. The first-order valence-electron chi connectivity index (χ1n) is 14.0. The molecule has 4 aromatic rings. The van der Waals surface area contributed by atoms with Crippen LogP contribution in [0.5, 0.6) is 11.5 Å². The molecule has 0 radical (unpaired) electrons. The number of hydrogen-bond donors (Lipinski definition) is 2. The van der Waals surface area contributed by atoms with Crippen LogP contribution in [0.15, 0.2) is 72.9 Å². The smallest absolute Gasteiger partial charge is 0.322 e. The summed E-state index contributed by atoms with van der Waals surface area (Å²) in [4.78, 5) is 44.2. The van der Waals surface area contributed by atoms with Crippen molar-refractivity contribution in [3.8, 4) is 11.5 Å². The summed E-state index contributed by atoms with van der Waals surface area (Å²) < 4.78 is 10.8. The predicted octanol–water partition coefficient (Wildman–Crippen LogP) is 5.85. The maximum atomic E-state index is 13.9. The minimum atomic E-state index is -0.501. The van der Waals surface area contributed by atoms with E-state index in [0.717, 1.165) is 22.0 Å². The van der Waals surface area contributed by atoms with E-state index in [0.29, 0.717) is 43.2 Å². The van der Waals surface area contributed by atoms with Gasteiger partial charge in [-0.25, -0.2) is 4.79 Å². The Labute approximate surface area is 250 Å². The van der Waals surface area contributed by atoms with Gasteiger partial charge in [-0.2, -0.15) is 0 Å². The molecule has 43 heavy (non-hydrogen) atoms. The van der Waals surface area contributed by atoms with Crippen molar-refractivity contribution in [1.29, 1.82) is 0 Å². The van der Waals surface area contributed by atoms with Crippen LogP contribution in [0.25, 0.3) is 10.9 Å². The standard InChI is InChI=1S/C32H37N5O6/c1-22(2)19-36(32(39)34-25-10-12-26(13-11-25)37(40)41)21-31(38)35(20-23-9-14-29(42-3)30(17-23)43-4)16-15-24-18-33-28-8-6-5-7-27(24)28/h5-14,17-18,22,33H,15-16,19-21H2,1-4H3,(H,34,39). The van der Waals surface area contributed by atoms with Gasteiger partial charge in [-0.1, -0.05) is 38.1 Å². The van der Waals surface area contributed by atoms with Crippen LogP contribution in [0.1, 0.15) is 25.0 Å². The molecule has 4 rings (SSSR count). The average molecular weight is 588 g/mol. The first-order chi connectivity index (χ1) is 20.7. The van der Waals surface area contributed by atoms with Gasteiger partial charge in [0.05, 0.1) is 19.1 Å². The van der Waals surface area contributed by atoms with Crippen LogP contribution in [0.3, 0.4) is 0 Å². The van der Waals surface area contributed by atoms with Gasteiger partial charge in [-0.3, -0.25) is 14.9 Å². The van der Waals surface area contributed by atoms with Crippen molar-refractivity contribution in [1.82, 2.24) is 14.8 Å². The zero-order chi connectivity index (χ0) is 30.9. The summed E-state index contributed by atoms with van der Waals surface area (Å²) in [5, 5.41) is 14.9. The molecule has 0 fully saturated rings. The van der Waals surface area contributed by atoms with Gasteiger partial charge in [0.1, 0.15) is 6.54 Å². The van der Waals surface area contributed by atoms with Crippen LogP contribution in [0.2, 0.25) is 0 Å². The number of benzene rings is 3. The second-order valence-corrected chi connectivity index (χ2v) is 10.6. The maximum Gasteiger partial charge on any atom is 0.322 e. The van der Waals surface area contributed by atoms with Crippen molar-refractivity contribution in [3.63, 3.8) is 0 Å². The zero-order valence-corrected chi connectivity index (χ0v) is 24.8. The summed E-state index contributed by atoms with van der Waals surface area (Å²) in [7, 11) is 3.13. The highest BCUT2D eigenvalue weighted by Gasteiger charge is 2.23. The SMILES string of the molecule is COc1ccc(CN(CCc2c[nH]c3ccccc23)C(=O)CN(CC(C)C)C(=O)Nc2ccc([N+](=O)[O-])cc2)cc1OC. The summed E-state index contributed by atoms with van der Waals surface area (Å²) in [5.74, 6) is 1.04. The number of urea groups is 1. The Morgan fingerprint density at radius 2 is 1.70 bits per heavy atom. The molecule has 0 bridgehead atoms. The number of nitrogens with zero attached hydrogens (tertiary/aromatic N) is 3. The fourth-order valence-corrected chi connectivity index (χ4v) is 4.88. The van der Waals surface area contributed by atoms with Gasteiger partial charge in [-0.15, -0.1) is 0 Å². The van der Waals surface area contributed by atoms with Crippen LogP contribution in [0.4, 0.5) is 16.2 Å². The van der Waals surface area contributed by atoms with Gasteiger partial charge in [0.15, 0.2) is 11.5 Å². The summed E-state index contributed by atoms with van der Waals surface area (Å²) in [6.07, 6.45) is 2.58. The average Bonchev–Trinajstić information content (AvgIpc) is 3.41. The minimum absolute atomic E-state index is 0.0757. The molecule has 0 saturated heterocycles. The number of fused-ring (bicyclic) bond motifs is 1. The number of nitro groups is 1. The van der Waals surface area contributed by atoms with E-state index < -0.39 is 11.0 Å². The number of methoxy groups -OCH3 is 2. The highest BCUT2D eigenvalue weighted by atomic mass is 16.6. The molecule has 0 spiro atoms. The van der Waals surface area contributed by atoms with Gasteiger partial charge in [0.25, 0.3) is 5.69 Å². The molecular weight excluding hydrogens is 550 g/mol. The molecule has 3 amide bonds. The molecule has 0 saturated carbocycles. The van der Waals surface area contributed by atoms with Gasteiger partial charge in [0, 0.05) is 54.6 Å². The Morgan fingerprint density at radius 3 is 2.37 bits per heavy atom. The zero-order valence-electron chi connectivity index (χ0n) is 24.8. The minimum Gasteiger partial charge on any atom is -0.493 e. The lowest BCUT2D eigenvalue weighted by Crippen LogP contribution is -2.46. The molecule has 0 aliphatic heterocycles. The molecule has 0 atom stereocenters. The van der Waals surface area contributed by atoms with Gasteiger partial charge < -0.3 is 29.6 Å². The predicted molar refractivity (Wildman–Crippen MR) is 165 cm³/mol. The molecule has 0 unspecified atom stereocenters. The lowest BCUT2D eigenvalue weighted by Gasteiger charge is -2.29. The second kappa shape index (κ2) is 14.2. The Kier molecular flexibility index (Phi) is 10.2. The molecule has 11 heteroatoms. The maximum absolute atomic E-state index is 13.9. The Morgan fingerprint density at radius 1 is 0.977 bits per heavy atom. The summed E-state index contributed by atoms with van der Waals surface area (Å²) >= 11 is 0. The third-order valence-corrected chi connectivity index (χ3v) is 7.03. The van der Waals surface area contributed by atoms with Crippen molar-refractivity contribution in [2.75, 3.05) is 39.2 Å². The first-order valence-corrected chi connectivity index (χ1v) is 14.0. The topological polar surface area (TPSA) is 130 Å². The van der Waals surface area contributed by atoms with E-state index in [1.54, 1.807) is 25.2 Å². The number of non-ortho nitro benzene ring substituents is 1. The van der Waals surface area contributed by atoms with Crippen LogP contribution in [-0.2, 0) is 17.8 Å². The van der Waals surface area contributed by atoms with Crippen molar-refractivity contribution in [2.45, 2.75) is 26.8 Å². The van der Waals surface area contributed by atoms with Crippen LogP contribution in [0, 0.1) is 16.0 Å². The lowest BCUT2D eigenvalue weighted by atomic mass is 10.1. The highest BCUT2D eigenvalue weighted by molar-refractivity contribution is 5.92. The number of carbonyl (C=O) groups excluding carboxylic acids is 2. The number of aromatic nitrogens is 1. The molecule has 0 aliphatic carbocycles. The van der Waals surface area contributed by atoms with E-state index in [4.69, 9.17) is 9.47 Å². The number of H-pyrrole nitrogens is 1. The van der Waals surface area contributed by atoms with E-state index in [1.807, 2.05) is 50.4 Å². The van der Waals surface area contributed by atoms with Crippen molar-refractivity contribution < 1.29 is 24.0 Å². The number of nitrogens with one attached hydrogen (secondary N) is 2. The third-order valence-electron chi connectivity index (χ3n) is 7.03. The lowest BCUT2D eigenvalue weighted by molar-refractivity contribution is -0.384. The molecule has 2 N–H and O–H groups in total. The van der Waals surface area contributed by atoms with E-state index in [2.05, 4.69) is 16.4 Å². The van der Waals surface area contributed by atoms with Crippen molar-refractivity contribution >= 4 is 34.2 Å². The van der Waals surface area contributed by atoms with Gasteiger partial charge >= 0.3 is 6.03 Å². The van der Waals surface area contributed by atoms with Gasteiger partial charge in [-0.05, 0) is 53.8 Å². The Bertz CT molecular complexity index is 1570. The normalized spacial score (nSPS) is 10.9. The van der Waals surface area contributed by atoms with Crippen molar-refractivity contribution in [3.05, 3.63) is 94.2 Å². The van der Waals surface area contributed by atoms with Crippen molar-refractivity contribution in [2.24, 2.45) is 5.92 Å². The van der Waals surface area contributed by atoms with E-state index in [1.165, 1.54) is 29.2 Å². The second-order valence-electron chi connectivity index (χ2n) is 10.6. The van der Waals surface area contributed by atoms with Crippen LogP contribution in [-0.4, -0.2) is 65.5 Å². The summed E-state index contributed by atoms with van der Waals surface area (Å²) in [6, 6.07) is 18.7. The van der Waals surface area contributed by atoms with Crippen LogP contribution >= 0.6 is 0 Å². The fraction of sp³-hybridized carbons (Fsp3) is 0.312. The molecule has 0 aliphatic rings. The van der Waals surface area contributed by atoms with Crippen LogP contribution < -0.4 is 14.8 Å². The molecule has 3 aromatic carbocycles. The van der Waals surface area contributed by atoms with Gasteiger partial charge in [0.2, 0.25) is 5.91 Å². The Hall–Kier alpha value is -5.06. The number of ether oxygens (including phenoxy) is 2. The molecule has 1 heterocycles. The van der Waals surface area contributed by atoms with E-state index in [9.17, 15) is 19.7 Å². The van der Waals surface area contributed by atoms with E-state index >= 15 is 0 Å². The van der Waals surface area contributed by atoms with E-state index in [-0.39, 0.29) is 24.1 Å². The monoisotopic (exact) mass is 587 g/mol. The third kappa shape index (κ3) is 8.03. The summed E-state index contributed by atoms with van der Waals surface area (Å²) in [6.45, 7) is 4.87. The number of anilines is 1. The molecule has 1 aromatic heterocycles. The number of nitro benzene ring substituents is 1. The fourth-order valence-electron chi connectivity index (χ4n) is 4.88. The largest absolute Gasteiger partial charge is 0.493 e. The first kappa shape index (κ1) is 30.9.